The second-order valence-corrected chi connectivity index (χ2v) is 7.53. The first-order valence-corrected chi connectivity index (χ1v) is 9.56. The lowest BCUT2D eigenvalue weighted by molar-refractivity contribution is -0.0660. The molecule has 0 bridgehead atoms. The van der Waals surface area contributed by atoms with E-state index in [0.717, 1.165) is 45.1 Å². The first-order chi connectivity index (χ1) is 12.6. The minimum absolute atomic E-state index is 0.159. The van der Waals surface area contributed by atoms with Gasteiger partial charge in [0.25, 0.3) is 5.56 Å². The summed E-state index contributed by atoms with van der Waals surface area (Å²) in [6.45, 7) is 5.96. The molecule has 26 heavy (non-hydrogen) atoms. The van der Waals surface area contributed by atoms with E-state index in [9.17, 15) is 4.79 Å². The summed E-state index contributed by atoms with van der Waals surface area (Å²) in [5.41, 5.74) is 1.89. The van der Waals surface area contributed by atoms with Crippen molar-refractivity contribution in [3.05, 3.63) is 45.4 Å². The third kappa shape index (κ3) is 3.62. The number of nitrogens with one attached hydrogen (secondary N) is 1. The van der Waals surface area contributed by atoms with Crippen molar-refractivity contribution < 1.29 is 4.74 Å². The molecule has 2 aliphatic heterocycles. The highest BCUT2D eigenvalue weighted by molar-refractivity contribution is 9.10. The van der Waals surface area contributed by atoms with Crippen molar-refractivity contribution in [1.82, 2.24) is 14.5 Å². The second kappa shape index (κ2) is 7.38. The molecule has 1 aromatic heterocycles. The maximum absolute atomic E-state index is 12.2. The van der Waals surface area contributed by atoms with Gasteiger partial charge in [-0.05, 0) is 40.2 Å². The summed E-state index contributed by atoms with van der Waals surface area (Å²) in [6.07, 6.45) is 1.64. The Balaban J connectivity index is 1.40. The molecule has 138 valence electrons. The highest BCUT2D eigenvalue weighted by atomic mass is 79.9. The number of hydrogen-bond donors (Lipinski definition) is 1. The van der Waals surface area contributed by atoms with Crippen molar-refractivity contribution >= 4 is 33.1 Å². The number of hydrogen-bond acceptors (Lipinski definition) is 6. The van der Waals surface area contributed by atoms with Gasteiger partial charge in [-0.1, -0.05) is 0 Å². The lowest BCUT2D eigenvalue weighted by Crippen LogP contribution is -2.56. The zero-order valence-corrected chi connectivity index (χ0v) is 16.3. The van der Waals surface area contributed by atoms with E-state index >= 15 is 0 Å². The normalized spacial score (nSPS) is 18.6. The fourth-order valence-corrected chi connectivity index (χ4v) is 3.81. The lowest BCUT2D eigenvalue weighted by Gasteiger charge is -2.43. The number of aryl methyl sites for hydroxylation is 1. The van der Waals surface area contributed by atoms with Crippen LogP contribution < -0.4 is 15.8 Å². The zero-order chi connectivity index (χ0) is 18.1. The Labute approximate surface area is 160 Å². The van der Waals surface area contributed by atoms with Crippen LogP contribution in [-0.4, -0.2) is 59.9 Å². The standard InChI is InChI=1S/C18H22BrN5O2/c1-22-10-16(19)21-17(18(22)25)20-13-2-4-14(5-3-13)23-6-8-24(9-7-23)15-11-26-12-15/h2-5,10,15H,6-9,11-12H2,1H3,(H,20,21). The summed E-state index contributed by atoms with van der Waals surface area (Å²) < 4.78 is 7.41. The number of aromatic nitrogens is 2. The van der Waals surface area contributed by atoms with E-state index in [1.165, 1.54) is 10.3 Å². The van der Waals surface area contributed by atoms with E-state index in [1.54, 1.807) is 13.2 Å². The molecule has 0 saturated carbocycles. The number of ether oxygens (including phenoxy) is 1. The first-order valence-electron chi connectivity index (χ1n) is 8.77. The summed E-state index contributed by atoms with van der Waals surface area (Å²) >= 11 is 3.32. The molecule has 0 aliphatic carbocycles. The van der Waals surface area contributed by atoms with Gasteiger partial charge in [0.05, 0.1) is 19.3 Å². The van der Waals surface area contributed by atoms with Crippen molar-refractivity contribution in [2.75, 3.05) is 49.6 Å². The molecule has 0 atom stereocenters. The van der Waals surface area contributed by atoms with Crippen LogP contribution in [0.25, 0.3) is 0 Å². The van der Waals surface area contributed by atoms with Gasteiger partial charge in [-0.3, -0.25) is 9.69 Å². The van der Waals surface area contributed by atoms with Crippen LogP contribution in [0.5, 0.6) is 0 Å². The highest BCUT2D eigenvalue weighted by Crippen LogP contribution is 2.22. The summed E-state index contributed by atoms with van der Waals surface area (Å²) in [4.78, 5) is 21.3. The van der Waals surface area contributed by atoms with E-state index < -0.39 is 0 Å². The smallest absolute Gasteiger partial charge is 0.293 e. The van der Waals surface area contributed by atoms with Gasteiger partial charge in [-0.25, -0.2) is 4.98 Å². The van der Waals surface area contributed by atoms with Gasteiger partial charge in [0.2, 0.25) is 0 Å². The van der Waals surface area contributed by atoms with Crippen LogP contribution in [-0.2, 0) is 11.8 Å². The average molecular weight is 420 g/mol. The van der Waals surface area contributed by atoms with Crippen molar-refractivity contribution in [2.45, 2.75) is 6.04 Å². The predicted molar refractivity (Wildman–Crippen MR) is 105 cm³/mol. The van der Waals surface area contributed by atoms with E-state index in [4.69, 9.17) is 4.74 Å². The molecule has 0 radical (unpaired) electrons. The van der Waals surface area contributed by atoms with Gasteiger partial charge in [-0.2, -0.15) is 0 Å². The summed E-state index contributed by atoms with van der Waals surface area (Å²) in [5, 5.41) is 3.11. The fraction of sp³-hybridized carbons (Fsp3) is 0.444. The van der Waals surface area contributed by atoms with Crippen LogP contribution in [0, 0.1) is 0 Å². The Morgan fingerprint density at radius 2 is 1.85 bits per heavy atom. The molecule has 2 fully saturated rings. The molecule has 1 N–H and O–H groups in total. The van der Waals surface area contributed by atoms with Crippen LogP contribution in [0.4, 0.5) is 17.2 Å². The van der Waals surface area contributed by atoms with Crippen LogP contribution >= 0.6 is 15.9 Å². The minimum Gasteiger partial charge on any atom is -0.378 e. The van der Waals surface area contributed by atoms with Crippen LogP contribution in [0.2, 0.25) is 0 Å². The SMILES string of the molecule is Cn1cc(Br)nc(Nc2ccc(N3CCN(C4COC4)CC3)cc2)c1=O. The van der Waals surface area contributed by atoms with Gasteiger partial charge >= 0.3 is 0 Å². The number of piperazine rings is 1. The Hall–Kier alpha value is -1.90. The van der Waals surface area contributed by atoms with Crippen LogP contribution in [0.1, 0.15) is 0 Å². The van der Waals surface area contributed by atoms with E-state index in [-0.39, 0.29) is 5.56 Å². The van der Waals surface area contributed by atoms with Gasteiger partial charge < -0.3 is 19.5 Å². The Bertz CT molecular complexity index is 826. The lowest BCUT2D eigenvalue weighted by atomic mass is 10.1. The van der Waals surface area contributed by atoms with E-state index in [0.29, 0.717) is 16.5 Å². The first kappa shape index (κ1) is 17.5. The third-order valence-electron chi connectivity index (χ3n) is 4.99. The Morgan fingerprint density at radius 3 is 2.46 bits per heavy atom. The van der Waals surface area contributed by atoms with Crippen molar-refractivity contribution in [1.29, 1.82) is 0 Å². The molecule has 4 rings (SSSR count). The predicted octanol–water partition coefficient (Wildman–Crippen LogP) is 1.81. The number of halogens is 1. The highest BCUT2D eigenvalue weighted by Gasteiger charge is 2.28. The maximum Gasteiger partial charge on any atom is 0.293 e. The third-order valence-corrected chi connectivity index (χ3v) is 5.37. The Kier molecular flexibility index (Phi) is 4.97. The number of nitrogens with zero attached hydrogens (tertiary/aromatic N) is 4. The van der Waals surface area contributed by atoms with Crippen LogP contribution in [0.3, 0.4) is 0 Å². The van der Waals surface area contributed by atoms with Gasteiger partial charge in [0.15, 0.2) is 5.82 Å². The molecule has 2 aliphatic rings. The van der Waals surface area contributed by atoms with Gasteiger partial charge in [0.1, 0.15) is 4.60 Å². The molecule has 0 spiro atoms. The molecule has 8 heteroatoms. The molecule has 0 amide bonds. The monoisotopic (exact) mass is 419 g/mol. The molecular weight excluding hydrogens is 398 g/mol. The topological polar surface area (TPSA) is 62.6 Å². The molecule has 1 aromatic carbocycles. The maximum atomic E-state index is 12.2. The summed E-state index contributed by atoms with van der Waals surface area (Å²) in [5.74, 6) is 0.311. The summed E-state index contributed by atoms with van der Waals surface area (Å²) in [7, 11) is 1.71. The molecular formula is C18H22BrN5O2. The number of rotatable bonds is 4. The van der Waals surface area contributed by atoms with Crippen molar-refractivity contribution in [3.8, 4) is 0 Å². The molecule has 3 heterocycles. The molecule has 2 saturated heterocycles. The van der Waals surface area contributed by atoms with Crippen molar-refractivity contribution in [3.63, 3.8) is 0 Å². The fourth-order valence-electron chi connectivity index (χ4n) is 3.32. The van der Waals surface area contributed by atoms with Gasteiger partial charge in [-0.15, -0.1) is 0 Å². The zero-order valence-electron chi connectivity index (χ0n) is 14.7. The van der Waals surface area contributed by atoms with Crippen molar-refractivity contribution in [2.24, 2.45) is 7.05 Å². The summed E-state index contributed by atoms with van der Waals surface area (Å²) in [6, 6.07) is 8.77. The minimum atomic E-state index is -0.159. The van der Waals surface area contributed by atoms with Crippen LogP contribution in [0.15, 0.2) is 39.9 Å². The number of anilines is 3. The largest absolute Gasteiger partial charge is 0.378 e. The second-order valence-electron chi connectivity index (χ2n) is 6.71. The van der Waals surface area contributed by atoms with E-state index in [2.05, 4.69) is 48.2 Å². The van der Waals surface area contributed by atoms with Gasteiger partial charge in [0, 0.05) is 50.8 Å². The van der Waals surface area contributed by atoms with E-state index in [1.807, 2.05) is 12.1 Å². The molecule has 2 aromatic rings. The molecule has 7 nitrogen and oxygen atoms in total. The Morgan fingerprint density at radius 1 is 1.15 bits per heavy atom. The molecule has 0 unspecified atom stereocenters. The average Bonchev–Trinajstić information content (AvgIpc) is 2.59. The number of benzene rings is 1. The quantitative estimate of drug-likeness (QED) is 0.814.